The first kappa shape index (κ1) is 39.5. The van der Waals surface area contributed by atoms with Crippen molar-refractivity contribution in [1.29, 1.82) is 0 Å². The van der Waals surface area contributed by atoms with Crippen LogP contribution in [0.15, 0.2) is 12.2 Å². The minimum absolute atomic E-state index is 0. The van der Waals surface area contributed by atoms with E-state index in [0.717, 1.165) is 12.8 Å². The van der Waals surface area contributed by atoms with Crippen molar-refractivity contribution < 1.29 is 25.2 Å². The molecular weight excluding hydrogens is 382 g/mol. The average molecular weight is 438 g/mol. The second kappa shape index (κ2) is 46.3. The van der Waals surface area contributed by atoms with Crippen LogP contribution in [0.25, 0.3) is 0 Å². The molecular formula is C24H55NO5. The average Bonchev–Trinajstić information content (AvgIpc) is 2.66. The number of rotatable bonds is 15. The molecule has 30 heavy (non-hydrogen) atoms. The highest BCUT2D eigenvalue weighted by atomic mass is 16.4. The number of carbonyl (C=O) groups is 1. The van der Waals surface area contributed by atoms with Gasteiger partial charge in [-0.3, -0.25) is 4.79 Å². The molecule has 0 spiro atoms. The van der Waals surface area contributed by atoms with Crippen LogP contribution >= 0.6 is 0 Å². The molecule has 0 saturated heterocycles. The van der Waals surface area contributed by atoms with Gasteiger partial charge in [0.05, 0.1) is 0 Å². The molecule has 0 amide bonds. The van der Waals surface area contributed by atoms with Crippen LogP contribution in [0.2, 0.25) is 0 Å². The topological polar surface area (TPSA) is 133 Å². The summed E-state index contributed by atoms with van der Waals surface area (Å²) in [4.78, 5) is 10.3. The van der Waals surface area contributed by atoms with E-state index in [1.165, 1.54) is 70.6 Å². The second-order valence-corrected chi connectivity index (χ2v) is 6.68. The van der Waals surface area contributed by atoms with Crippen molar-refractivity contribution in [3.8, 4) is 0 Å². The zero-order chi connectivity index (χ0) is 23.0. The van der Waals surface area contributed by atoms with Gasteiger partial charge in [0.2, 0.25) is 0 Å². The molecule has 0 rings (SSSR count). The Balaban J connectivity index is -0.000000177. The number of carboxylic acid groups (broad SMARTS) is 1. The highest BCUT2D eigenvalue weighted by Crippen LogP contribution is 2.09. The number of allylic oxidation sites excluding steroid dienone is 2. The quantitative estimate of drug-likeness (QED) is 0.151. The summed E-state index contributed by atoms with van der Waals surface area (Å²) in [5.74, 6) is -0.664. The van der Waals surface area contributed by atoms with E-state index in [-0.39, 0.29) is 26.0 Å². The number of carboxylic acids is 1. The molecule has 0 bridgehead atoms. The summed E-state index contributed by atoms with van der Waals surface area (Å²) in [6.45, 7) is 8.05. The maximum Gasteiger partial charge on any atom is 0.303 e. The standard InChI is InChI=1S/C18H34O2.3C2H6O.H3N/c1-2-3-4-5-6-7-8-9-10-11-12-13-14-15-16-17-18(19)20;3*1-2-3;/h9-10H,2-8,11-17H2,1H3,(H,19,20);3*3H,2H2,1H3;1H3. The largest absolute Gasteiger partial charge is 0.481 e. The Labute approximate surface area is 187 Å². The summed E-state index contributed by atoms with van der Waals surface area (Å²) in [7, 11) is 0. The molecule has 7 N–H and O–H groups in total. The van der Waals surface area contributed by atoms with E-state index < -0.39 is 5.97 Å². The number of hydrogen-bond donors (Lipinski definition) is 5. The van der Waals surface area contributed by atoms with Gasteiger partial charge in [0.1, 0.15) is 0 Å². The van der Waals surface area contributed by atoms with Gasteiger partial charge in [-0.15, -0.1) is 0 Å². The number of aliphatic hydroxyl groups excluding tert-OH is 3. The minimum atomic E-state index is -0.664. The Morgan fingerprint density at radius 3 is 1.23 bits per heavy atom. The van der Waals surface area contributed by atoms with Crippen LogP contribution in [-0.2, 0) is 4.79 Å². The lowest BCUT2D eigenvalue weighted by molar-refractivity contribution is -0.137. The normalized spacial score (nSPS) is 9.30. The van der Waals surface area contributed by atoms with E-state index in [0.29, 0.717) is 6.42 Å². The third kappa shape index (κ3) is 71.3. The summed E-state index contributed by atoms with van der Waals surface area (Å²) in [6, 6.07) is 0. The molecule has 0 aromatic carbocycles. The third-order valence-corrected chi connectivity index (χ3v) is 3.65. The Morgan fingerprint density at radius 1 is 0.600 bits per heavy atom. The number of unbranched alkanes of at least 4 members (excludes halogenated alkanes) is 11. The van der Waals surface area contributed by atoms with Crippen molar-refractivity contribution in [3.63, 3.8) is 0 Å². The summed E-state index contributed by atoms with van der Waals surface area (Å²) in [5.41, 5.74) is 0. The van der Waals surface area contributed by atoms with E-state index in [9.17, 15) is 4.79 Å². The van der Waals surface area contributed by atoms with E-state index >= 15 is 0 Å². The fourth-order valence-electron chi connectivity index (χ4n) is 2.35. The van der Waals surface area contributed by atoms with Gasteiger partial charge in [-0.2, -0.15) is 0 Å². The molecule has 0 saturated carbocycles. The Bertz CT molecular complexity index is 282. The van der Waals surface area contributed by atoms with Crippen molar-refractivity contribution >= 4 is 5.97 Å². The second-order valence-electron chi connectivity index (χ2n) is 6.68. The lowest BCUT2D eigenvalue weighted by atomic mass is 10.1. The molecule has 0 heterocycles. The highest BCUT2D eigenvalue weighted by Gasteiger charge is 1.95. The fraction of sp³-hybridized carbons (Fsp3) is 0.875. The molecule has 6 heteroatoms. The van der Waals surface area contributed by atoms with Crippen molar-refractivity contribution in [1.82, 2.24) is 6.15 Å². The molecule has 0 aromatic heterocycles. The molecule has 0 aliphatic heterocycles. The highest BCUT2D eigenvalue weighted by molar-refractivity contribution is 5.66. The van der Waals surface area contributed by atoms with E-state index in [4.69, 9.17) is 20.4 Å². The Morgan fingerprint density at radius 2 is 0.900 bits per heavy atom. The van der Waals surface area contributed by atoms with E-state index in [1.807, 2.05) is 0 Å². The van der Waals surface area contributed by atoms with Crippen molar-refractivity contribution in [2.75, 3.05) is 19.8 Å². The summed E-state index contributed by atoms with van der Waals surface area (Å²) in [6.07, 6.45) is 21.2. The Hall–Kier alpha value is -0.950. The molecule has 0 aromatic rings. The van der Waals surface area contributed by atoms with Gasteiger partial charge >= 0.3 is 5.97 Å². The van der Waals surface area contributed by atoms with Crippen LogP contribution in [0.1, 0.15) is 118 Å². The van der Waals surface area contributed by atoms with Crippen LogP contribution in [-0.4, -0.2) is 46.2 Å². The van der Waals surface area contributed by atoms with Crippen LogP contribution in [0, 0.1) is 0 Å². The fourth-order valence-corrected chi connectivity index (χ4v) is 2.35. The number of aliphatic carboxylic acids is 1. The molecule has 0 atom stereocenters. The van der Waals surface area contributed by atoms with E-state index in [2.05, 4.69) is 19.1 Å². The maximum atomic E-state index is 10.3. The summed E-state index contributed by atoms with van der Waals surface area (Å²) in [5, 5.41) is 31.2. The molecule has 0 aliphatic carbocycles. The van der Waals surface area contributed by atoms with Gasteiger partial charge in [0, 0.05) is 26.2 Å². The zero-order valence-corrected chi connectivity index (χ0v) is 20.6. The first-order valence-electron chi connectivity index (χ1n) is 11.7. The van der Waals surface area contributed by atoms with Crippen LogP contribution in [0.4, 0.5) is 0 Å². The Kier molecular flexibility index (Phi) is 61.0. The zero-order valence-electron chi connectivity index (χ0n) is 20.6. The van der Waals surface area contributed by atoms with Crippen molar-refractivity contribution in [2.45, 2.75) is 118 Å². The van der Waals surface area contributed by atoms with Gasteiger partial charge in [-0.25, -0.2) is 0 Å². The number of hydrogen-bond acceptors (Lipinski definition) is 5. The molecule has 0 radical (unpaired) electrons. The lowest BCUT2D eigenvalue weighted by Gasteiger charge is -1.99. The minimum Gasteiger partial charge on any atom is -0.481 e. The van der Waals surface area contributed by atoms with Gasteiger partial charge in [-0.05, 0) is 52.9 Å². The van der Waals surface area contributed by atoms with Gasteiger partial charge < -0.3 is 26.6 Å². The first-order chi connectivity index (χ1) is 14.0. The van der Waals surface area contributed by atoms with E-state index in [1.54, 1.807) is 20.8 Å². The van der Waals surface area contributed by atoms with Crippen LogP contribution < -0.4 is 6.15 Å². The van der Waals surface area contributed by atoms with Gasteiger partial charge in [0.15, 0.2) is 0 Å². The number of aliphatic hydroxyl groups is 3. The molecule has 186 valence electrons. The maximum absolute atomic E-state index is 10.3. The molecule has 0 aliphatic rings. The molecule has 0 unspecified atom stereocenters. The SMILES string of the molecule is CCCCCCCCC=CCCCCCCCC(=O)O.CCO.CCO.CCO.N. The summed E-state index contributed by atoms with van der Waals surface area (Å²) >= 11 is 0. The lowest BCUT2D eigenvalue weighted by Crippen LogP contribution is -1.93. The smallest absolute Gasteiger partial charge is 0.303 e. The summed E-state index contributed by atoms with van der Waals surface area (Å²) < 4.78 is 0. The molecule has 6 nitrogen and oxygen atoms in total. The van der Waals surface area contributed by atoms with Crippen molar-refractivity contribution in [2.24, 2.45) is 0 Å². The van der Waals surface area contributed by atoms with Gasteiger partial charge in [-0.1, -0.05) is 70.4 Å². The predicted octanol–water partition coefficient (Wildman–Crippen LogP) is 6.27. The monoisotopic (exact) mass is 437 g/mol. The van der Waals surface area contributed by atoms with Crippen LogP contribution in [0.5, 0.6) is 0 Å². The van der Waals surface area contributed by atoms with Crippen LogP contribution in [0.3, 0.4) is 0 Å². The third-order valence-electron chi connectivity index (χ3n) is 3.65. The first-order valence-corrected chi connectivity index (χ1v) is 11.7. The van der Waals surface area contributed by atoms with Gasteiger partial charge in [0.25, 0.3) is 0 Å². The van der Waals surface area contributed by atoms with Crippen molar-refractivity contribution in [3.05, 3.63) is 12.2 Å². The molecule has 0 fully saturated rings. The predicted molar refractivity (Wildman–Crippen MR) is 130 cm³/mol.